The monoisotopic (exact) mass is 287 g/mol. The van der Waals surface area contributed by atoms with Gasteiger partial charge in [0.2, 0.25) is 0 Å². The Morgan fingerprint density at radius 2 is 1.73 bits per heavy atom. The van der Waals surface area contributed by atoms with Crippen LogP contribution in [0.5, 0.6) is 5.75 Å². The molecule has 0 fully saturated rings. The average molecular weight is 287 g/mol. The van der Waals surface area contributed by atoms with Gasteiger partial charge >= 0.3 is 0 Å². The molecule has 0 amide bonds. The third-order valence-corrected chi connectivity index (χ3v) is 3.75. The molecule has 0 unspecified atom stereocenters. The lowest BCUT2D eigenvalue weighted by atomic mass is 10.0. The highest BCUT2D eigenvalue weighted by Crippen LogP contribution is 2.35. The molecule has 0 radical (unpaired) electrons. The van der Waals surface area contributed by atoms with Crippen LogP contribution in [-0.2, 0) is 0 Å². The first-order valence-electron chi connectivity index (χ1n) is 7.00. The van der Waals surface area contributed by atoms with Crippen LogP contribution in [-0.4, -0.2) is 20.3 Å². The molecule has 2 aromatic carbocycles. The fourth-order valence-electron chi connectivity index (χ4n) is 2.60. The Morgan fingerprint density at radius 3 is 2.59 bits per heavy atom. The normalized spacial score (nSPS) is 10.9. The summed E-state index contributed by atoms with van der Waals surface area (Å²) in [6.45, 7) is 0. The van der Waals surface area contributed by atoms with Crippen molar-refractivity contribution in [2.45, 2.75) is 0 Å². The van der Waals surface area contributed by atoms with Gasteiger partial charge in [0.05, 0.1) is 11.4 Å². The predicted octanol–water partition coefficient (Wildman–Crippen LogP) is 4.00. The summed E-state index contributed by atoms with van der Waals surface area (Å²) in [6.07, 6.45) is 3.48. The summed E-state index contributed by atoms with van der Waals surface area (Å²) in [4.78, 5) is 4.01. The summed E-state index contributed by atoms with van der Waals surface area (Å²) < 4.78 is 0. The largest absolute Gasteiger partial charge is 0.507 e. The highest BCUT2D eigenvalue weighted by molar-refractivity contribution is 5.94. The Morgan fingerprint density at radius 1 is 0.909 bits per heavy atom. The first-order chi connectivity index (χ1) is 10.8. The van der Waals surface area contributed by atoms with Crippen molar-refractivity contribution in [1.82, 2.24) is 15.2 Å². The van der Waals surface area contributed by atoms with Crippen molar-refractivity contribution in [1.29, 1.82) is 0 Å². The van der Waals surface area contributed by atoms with Gasteiger partial charge in [0.25, 0.3) is 0 Å². The third kappa shape index (κ3) is 2.02. The molecule has 2 N–H and O–H groups in total. The molecule has 22 heavy (non-hydrogen) atoms. The van der Waals surface area contributed by atoms with E-state index in [1.807, 2.05) is 54.6 Å². The quantitative estimate of drug-likeness (QED) is 0.586. The smallest absolute Gasteiger partial charge is 0.132 e. The maximum atomic E-state index is 10.5. The number of rotatable bonds is 2. The molecule has 2 aromatic heterocycles. The van der Waals surface area contributed by atoms with Crippen LogP contribution in [0.2, 0.25) is 0 Å². The number of aromatic nitrogens is 3. The van der Waals surface area contributed by atoms with Crippen LogP contribution in [0.3, 0.4) is 0 Å². The minimum absolute atomic E-state index is 0.255. The molecular weight excluding hydrogens is 274 g/mol. The number of hydrogen-bond donors (Lipinski definition) is 2. The van der Waals surface area contributed by atoms with Crippen molar-refractivity contribution in [2.75, 3.05) is 0 Å². The Bertz CT molecular complexity index is 945. The summed E-state index contributed by atoms with van der Waals surface area (Å²) in [5.41, 5.74) is 3.34. The van der Waals surface area contributed by atoms with E-state index in [0.717, 1.165) is 33.3 Å². The van der Waals surface area contributed by atoms with Gasteiger partial charge in [0, 0.05) is 28.9 Å². The van der Waals surface area contributed by atoms with Gasteiger partial charge in [-0.25, -0.2) is 0 Å². The van der Waals surface area contributed by atoms with E-state index < -0.39 is 0 Å². The minimum atomic E-state index is 0.255. The Balaban J connectivity index is 1.83. The molecule has 0 saturated carbocycles. The summed E-state index contributed by atoms with van der Waals surface area (Å²) in [7, 11) is 0. The van der Waals surface area contributed by atoms with Gasteiger partial charge in [-0.2, -0.15) is 5.10 Å². The molecule has 0 aliphatic carbocycles. The van der Waals surface area contributed by atoms with E-state index in [9.17, 15) is 5.11 Å². The number of aromatic hydroxyl groups is 1. The Labute approximate surface area is 127 Å². The lowest BCUT2D eigenvalue weighted by Gasteiger charge is -2.05. The number of fused-ring (bicyclic) bond motifs is 1. The zero-order valence-corrected chi connectivity index (χ0v) is 11.7. The van der Waals surface area contributed by atoms with Gasteiger partial charge in [-0.3, -0.25) is 10.1 Å². The highest BCUT2D eigenvalue weighted by atomic mass is 16.3. The lowest BCUT2D eigenvalue weighted by Crippen LogP contribution is -1.81. The SMILES string of the molecule is Oc1c(-c2cc(-c3ccncc3)[nH]n2)ccc2ccccc12. The minimum Gasteiger partial charge on any atom is -0.507 e. The first-order valence-corrected chi connectivity index (χ1v) is 7.00. The Hall–Kier alpha value is -3.14. The average Bonchev–Trinajstić information content (AvgIpc) is 3.06. The fraction of sp³-hybridized carbons (Fsp3) is 0. The van der Waals surface area contributed by atoms with E-state index in [1.54, 1.807) is 12.4 Å². The topological polar surface area (TPSA) is 61.8 Å². The maximum Gasteiger partial charge on any atom is 0.132 e. The lowest BCUT2D eigenvalue weighted by molar-refractivity contribution is 0.483. The van der Waals surface area contributed by atoms with Crippen LogP contribution in [0.15, 0.2) is 67.0 Å². The van der Waals surface area contributed by atoms with Crippen LogP contribution < -0.4 is 0 Å². The zero-order chi connectivity index (χ0) is 14.9. The molecule has 4 nitrogen and oxygen atoms in total. The predicted molar refractivity (Wildman–Crippen MR) is 86.4 cm³/mol. The number of H-pyrrole nitrogens is 1. The van der Waals surface area contributed by atoms with E-state index >= 15 is 0 Å². The summed E-state index contributed by atoms with van der Waals surface area (Å²) in [5.74, 6) is 0.255. The number of nitrogens with one attached hydrogen (secondary N) is 1. The number of phenolic OH excluding ortho intramolecular Hbond substituents is 1. The molecule has 4 aromatic rings. The van der Waals surface area contributed by atoms with Crippen LogP contribution >= 0.6 is 0 Å². The van der Waals surface area contributed by atoms with Gasteiger partial charge in [-0.05, 0) is 29.7 Å². The molecule has 0 spiro atoms. The van der Waals surface area contributed by atoms with Crippen molar-refractivity contribution >= 4 is 10.8 Å². The Kier molecular flexibility index (Phi) is 2.86. The first kappa shape index (κ1) is 12.6. The van der Waals surface area contributed by atoms with E-state index in [1.165, 1.54) is 0 Å². The highest BCUT2D eigenvalue weighted by Gasteiger charge is 2.12. The van der Waals surface area contributed by atoms with Gasteiger partial charge in [0.1, 0.15) is 5.75 Å². The van der Waals surface area contributed by atoms with Crippen LogP contribution in [0.1, 0.15) is 0 Å². The molecule has 2 heterocycles. The van der Waals surface area contributed by atoms with Crippen molar-refractivity contribution in [3.63, 3.8) is 0 Å². The van der Waals surface area contributed by atoms with E-state index in [4.69, 9.17) is 0 Å². The molecule has 0 aliphatic heterocycles. The third-order valence-electron chi connectivity index (χ3n) is 3.75. The fourth-order valence-corrected chi connectivity index (χ4v) is 2.60. The molecule has 4 heteroatoms. The van der Waals surface area contributed by atoms with Crippen molar-refractivity contribution < 1.29 is 5.11 Å². The van der Waals surface area contributed by atoms with Crippen LogP contribution in [0.4, 0.5) is 0 Å². The number of phenols is 1. The molecular formula is C18H13N3O. The molecule has 0 aliphatic rings. The number of benzene rings is 2. The summed E-state index contributed by atoms with van der Waals surface area (Å²) in [6, 6.07) is 17.4. The van der Waals surface area contributed by atoms with Crippen molar-refractivity contribution in [3.8, 4) is 28.3 Å². The second kappa shape index (κ2) is 5.00. The van der Waals surface area contributed by atoms with E-state index in [0.29, 0.717) is 0 Å². The second-order valence-corrected chi connectivity index (χ2v) is 5.09. The summed E-state index contributed by atoms with van der Waals surface area (Å²) in [5, 5.41) is 19.7. The van der Waals surface area contributed by atoms with Gasteiger partial charge < -0.3 is 5.11 Å². The number of hydrogen-bond acceptors (Lipinski definition) is 3. The van der Waals surface area contributed by atoms with Gasteiger partial charge in [-0.1, -0.05) is 30.3 Å². The van der Waals surface area contributed by atoms with Crippen LogP contribution in [0, 0.1) is 0 Å². The maximum absolute atomic E-state index is 10.5. The number of aromatic amines is 1. The zero-order valence-electron chi connectivity index (χ0n) is 11.7. The summed E-state index contributed by atoms with van der Waals surface area (Å²) >= 11 is 0. The standard InChI is InChI=1S/C18H13N3O/c22-18-14-4-2-1-3-12(14)5-6-15(18)17-11-16(20-21-17)13-7-9-19-10-8-13/h1-11,22H,(H,20,21). The van der Waals surface area contributed by atoms with E-state index in [2.05, 4.69) is 15.2 Å². The molecule has 0 atom stereocenters. The molecule has 4 rings (SSSR count). The van der Waals surface area contributed by atoms with Gasteiger partial charge in [0.15, 0.2) is 0 Å². The number of pyridine rings is 1. The number of nitrogens with zero attached hydrogens (tertiary/aromatic N) is 2. The molecule has 0 bridgehead atoms. The van der Waals surface area contributed by atoms with Crippen LogP contribution in [0.25, 0.3) is 33.3 Å². The van der Waals surface area contributed by atoms with Crippen molar-refractivity contribution in [2.24, 2.45) is 0 Å². The molecule has 0 saturated heterocycles. The molecule has 106 valence electrons. The second-order valence-electron chi connectivity index (χ2n) is 5.09. The van der Waals surface area contributed by atoms with Gasteiger partial charge in [-0.15, -0.1) is 0 Å². The van der Waals surface area contributed by atoms with E-state index in [-0.39, 0.29) is 5.75 Å². The van der Waals surface area contributed by atoms with Crippen molar-refractivity contribution in [3.05, 3.63) is 67.0 Å².